The second kappa shape index (κ2) is 12.7. The van der Waals surface area contributed by atoms with Crippen molar-refractivity contribution in [3.63, 3.8) is 0 Å². The molecule has 0 bridgehead atoms. The van der Waals surface area contributed by atoms with E-state index in [1.54, 1.807) is 0 Å². The number of carbonyl (C=O) groups excluding carboxylic acids is 1. The van der Waals surface area contributed by atoms with Crippen LogP contribution in [-0.2, 0) is 14.3 Å². The summed E-state index contributed by atoms with van der Waals surface area (Å²) in [6.07, 6.45) is 7.81. The van der Waals surface area contributed by atoms with Crippen LogP contribution in [0.3, 0.4) is 0 Å². The number of β-amino-alcohol motifs (C(OH)–C–C–N with tert-alkyl or cyclic N) is 1. The van der Waals surface area contributed by atoms with Crippen LogP contribution in [0.2, 0.25) is 0 Å². The van der Waals surface area contributed by atoms with Crippen LogP contribution in [-0.4, -0.2) is 61.0 Å². The average Bonchev–Trinajstić information content (AvgIpc) is 2.50. The van der Waals surface area contributed by atoms with Crippen molar-refractivity contribution in [2.24, 2.45) is 0 Å². The number of unbranched alkanes of at least 4 members (excludes halogenated alkanes) is 5. The summed E-state index contributed by atoms with van der Waals surface area (Å²) in [7, 11) is 0. The van der Waals surface area contributed by atoms with Crippen LogP contribution in [0.15, 0.2) is 0 Å². The van der Waals surface area contributed by atoms with Crippen LogP contribution in [0, 0.1) is 0 Å². The molecular formula is C18H35NO4. The SMILES string of the molecule is CC(C)OC(=O)CCCCCCCC[C@@H](O)CN1CCOCC1. The van der Waals surface area contributed by atoms with E-state index in [-0.39, 0.29) is 18.2 Å². The number of rotatable bonds is 12. The van der Waals surface area contributed by atoms with Gasteiger partial charge in [0.05, 0.1) is 25.4 Å². The van der Waals surface area contributed by atoms with Gasteiger partial charge in [0.15, 0.2) is 0 Å². The number of carbonyl (C=O) groups is 1. The number of ether oxygens (including phenoxy) is 2. The van der Waals surface area contributed by atoms with E-state index in [1.165, 1.54) is 6.42 Å². The quantitative estimate of drug-likeness (QED) is 0.441. The van der Waals surface area contributed by atoms with Crippen LogP contribution >= 0.6 is 0 Å². The second-order valence-electron chi connectivity index (χ2n) is 6.77. The zero-order chi connectivity index (χ0) is 16.9. The molecule has 0 aromatic rings. The molecule has 1 aliphatic heterocycles. The van der Waals surface area contributed by atoms with E-state index in [4.69, 9.17) is 9.47 Å². The van der Waals surface area contributed by atoms with Crippen molar-refractivity contribution in [3.05, 3.63) is 0 Å². The molecule has 1 heterocycles. The Morgan fingerprint density at radius 2 is 1.70 bits per heavy atom. The monoisotopic (exact) mass is 329 g/mol. The molecule has 0 aliphatic carbocycles. The molecule has 1 fully saturated rings. The van der Waals surface area contributed by atoms with Crippen molar-refractivity contribution in [3.8, 4) is 0 Å². The molecule has 5 heteroatoms. The van der Waals surface area contributed by atoms with E-state index in [1.807, 2.05) is 13.8 Å². The fourth-order valence-electron chi connectivity index (χ4n) is 2.85. The molecule has 136 valence electrons. The maximum Gasteiger partial charge on any atom is 0.306 e. The van der Waals surface area contributed by atoms with Crippen molar-refractivity contribution in [1.82, 2.24) is 4.90 Å². The van der Waals surface area contributed by atoms with Crippen LogP contribution in [0.5, 0.6) is 0 Å². The van der Waals surface area contributed by atoms with Crippen LogP contribution in [0.1, 0.15) is 65.2 Å². The fraction of sp³-hybridized carbons (Fsp3) is 0.944. The van der Waals surface area contributed by atoms with Crippen molar-refractivity contribution < 1.29 is 19.4 Å². The van der Waals surface area contributed by atoms with E-state index >= 15 is 0 Å². The average molecular weight is 329 g/mol. The Labute approximate surface area is 141 Å². The van der Waals surface area contributed by atoms with Gasteiger partial charge in [-0.1, -0.05) is 32.1 Å². The molecule has 0 spiro atoms. The third kappa shape index (κ3) is 11.5. The highest BCUT2D eigenvalue weighted by molar-refractivity contribution is 5.69. The molecule has 23 heavy (non-hydrogen) atoms. The summed E-state index contributed by atoms with van der Waals surface area (Å²) in [6, 6.07) is 0. The van der Waals surface area contributed by atoms with E-state index in [9.17, 15) is 9.90 Å². The van der Waals surface area contributed by atoms with Gasteiger partial charge >= 0.3 is 5.97 Å². The zero-order valence-corrected chi connectivity index (χ0v) is 15.0. The van der Waals surface area contributed by atoms with E-state index in [0.717, 1.165) is 71.4 Å². The molecule has 0 unspecified atom stereocenters. The highest BCUT2D eigenvalue weighted by Gasteiger charge is 2.14. The topological polar surface area (TPSA) is 59.0 Å². The Morgan fingerprint density at radius 1 is 1.09 bits per heavy atom. The Morgan fingerprint density at radius 3 is 2.35 bits per heavy atom. The van der Waals surface area contributed by atoms with Gasteiger partial charge in [-0.15, -0.1) is 0 Å². The molecule has 5 nitrogen and oxygen atoms in total. The molecule has 1 rings (SSSR count). The largest absolute Gasteiger partial charge is 0.463 e. The lowest BCUT2D eigenvalue weighted by Crippen LogP contribution is -2.40. The van der Waals surface area contributed by atoms with Gasteiger partial charge in [-0.2, -0.15) is 0 Å². The van der Waals surface area contributed by atoms with Gasteiger partial charge in [-0.05, 0) is 26.7 Å². The first-order valence-corrected chi connectivity index (χ1v) is 9.25. The van der Waals surface area contributed by atoms with Gasteiger partial charge < -0.3 is 14.6 Å². The summed E-state index contributed by atoms with van der Waals surface area (Å²) in [5.41, 5.74) is 0. The summed E-state index contributed by atoms with van der Waals surface area (Å²) in [4.78, 5) is 13.6. The number of morpholine rings is 1. The number of nitrogens with zero attached hydrogens (tertiary/aromatic N) is 1. The Kier molecular flexibility index (Phi) is 11.3. The number of aliphatic hydroxyl groups excluding tert-OH is 1. The van der Waals surface area contributed by atoms with Gasteiger partial charge in [0.2, 0.25) is 0 Å². The zero-order valence-electron chi connectivity index (χ0n) is 15.0. The first kappa shape index (κ1) is 20.4. The summed E-state index contributed by atoms with van der Waals surface area (Å²) in [5, 5.41) is 10.0. The lowest BCUT2D eigenvalue weighted by atomic mass is 10.1. The van der Waals surface area contributed by atoms with Crippen molar-refractivity contribution in [2.45, 2.75) is 77.4 Å². The lowest BCUT2D eigenvalue weighted by molar-refractivity contribution is -0.147. The molecule has 0 saturated carbocycles. The van der Waals surface area contributed by atoms with Crippen molar-refractivity contribution >= 4 is 5.97 Å². The highest BCUT2D eigenvalue weighted by atomic mass is 16.5. The molecule has 0 amide bonds. The molecule has 1 saturated heterocycles. The predicted molar refractivity (Wildman–Crippen MR) is 91.4 cm³/mol. The van der Waals surface area contributed by atoms with Crippen molar-refractivity contribution in [1.29, 1.82) is 0 Å². The van der Waals surface area contributed by atoms with E-state index < -0.39 is 0 Å². The summed E-state index contributed by atoms with van der Waals surface area (Å²) >= 11 is 0. The number of hydrogen-bond donors (Lipinski definition) is 1. The van der Waals surface area contributed by atoms with Gasteiger partial charge in [0, 0.05) is 26.1 Å². The number of aliphatic hydroxyl groups is 1. The third-order valence-electron chi connectivity index (χ3n) is 4.11. The van der Waals surface area contributed by atoms with Gasteiger partial charge in [-0.3, -0.25) is 9.69 Å². The second-order valence-corrected chi connectivity index (χ2v) is 6.77. The fourth-order valence-corrected chi connectivity index (χ4v) is 2.85. The normalized spacial score (nSPS) is 17.4. The first-order chi connectivity index (χ1) is 11.1. The van der Waals surface area contributed by atoms with Gasteiger partial charge in [-0.25, -0.2) is 0 Å². The Bertz CT molecular complexity index is 303. The highest BCUT2D eigenvalue weighted by Crippen LogP contribution is 2.11. The minimum atomic E-state index is -0.209. The Hall–Kier alpha value is -0.650. The first-order valence-electron chi connectivity index (χ1n) is 9.25. The summed E-state index contributed by atoms with van der Waals surface area (Å²) in [6.45, 7) is 8.00. The van der Waals surface area contributed by atoms with E-state index in [0.29, 0.717) is 6.42 Å². The molecule has 0 aromatic heterocycles. The summed E-state index contributed by atoms with van der Waals surface area (Å²) in [5.74, 6) is -0.0776. The standard InChI is InChI=1S/C18H35NO4/c1-16(2)23-18(21)10-8-6-4-3-5-7-9-17(20)15-19-11-13-22-14-12-19/h16-17,20H,3-15H2,1-2H3/t17-/m1/s1. The van der Waals surface area contributed by atoms with Crippen molar-refractivity contribution in [2.75, 3.05) is 32.8 Å². The Balaban J connectivity index is 1.86. The minimum absolute atomic E-state index is 0.00797. The molecule has 1 N–H and O–H groups in total. The lowest BCUT2D eigenvalue weighted by Gasteiger charge is -2.28. The van der Waals surface area contributed by atoms with Crippen LogP contribution < -0.4 is 0 Å². The summed E-state index contributed by atoms with van der Waals surface area (Å²) < 4.78 is 10.4. The molecule has 1 atom stereocenters. The van der Waals surface area contributed by atoms with Crippen LogP contribution in [0.4, 0.5) is 0 Å². The maximum atomic E-state index is 11.4. The molecule has 0 radical (unpaired) electrons. The van der Waals surface area contributed by atoms with Crippen LogP contribution in [0.25, 0.3) is 0 Å². The van der Waals surface area contributed by atoms with Gasteiger partial charge in [0.1, 0.15) is 0 Å². The van der Waals surface area contributed by atoms with E-state index in [2.05, 4.69) is 4.90 Å². The molecular weight excluding hydrogens is 294 g/mol. The third-order valence-corrected chi connectivity index (χ3v) is 4.11. The smallest absolute Gasteiger partial charge is 0.306 e. The minimum Gasteiger partial charge on any atom is -0.463 e. The number of hydrogen-bond acceptors (Lipinski definition) is 5. The predicted octanol–water partition coefficient (Wildman–Crippen LogP) is 2.75. The molecule has 0 aromatic carbocycles. The maximum absolute atomic E-state index is 11.4. The van der Waals surface area contributed by atoms with Gasteiger partial charge in [0.25, 0.3) is 0 Å². The molecule has 1 aliphatic rings. The number of esters is 1.